The van der Waals surface area contributed by atoms with E-state index in [1.807, 2.05) is 56.3 Å². The molecule has 2 aromatic carbocycles. The number of ketones is 2. The number of hydrogen-bond donors (Lipinski definition) is 1. The summed E-state index contributed by atoms with van der Waals surface area (Å²) in [5.41, 5.74) is 6.79. The molecule has 2 aliphatic carbocycles. The van der Waals surface area contributed by atoms with Crippen molar-refractivity contribution in [1.29, 1.82) is 0 Å². The van der Waals surface area contributed by atoms with Crippen molar-refractivity contribution in [2.75, 3.05) is 18.5 Å². The van der Waals surface area contributed by atoms with E-state index < -0.39 is 5.92 Å². The van der Waals surface area contributed by atoms with Gasteiger partial charge in [-0.2, -0.15) is 0 Å². The highest BCUT2D eigenvalue weighted by Gasteiger charge is 2.49. The van der Waals surface area contributed by atoms with Crippen LogP contribution in [-0.4, -0.2) is 35.5 Å². The normalized spacial score (nSPS) is 19.9. The first-order valence-electron chi connectivity index (χ1n) is 15.2. The maximum atomic E-state index is 14.0. The molecule has 222 valence electrons. The Hall–Kier alpha value is -3.67. The third-order valence-electron chi connectivity index (χ3n) is 8.72. The Morgan fingerprint density at radius 3 is 2.10 bits per heavy atom. The van der Waals surface area contributed by atoms with Crippen LogP contribution in [0.1, 0.15) is 89.3 Å². The lowest BCUT2D eigenvalue weighted by Crippen LogP contribution is -2.44. The zero-order valence-corrected chi connectivity index (χ0v) is 26.1. The number of nitrogens with zero attached hydrogens (tertiary/aromatic N) is 1. The lowest BCUT2D eigenvalue weighted by atomic mass is 9.63. The van der Waals surface area contributed by atoms with Gasteiger partial charge in [0.05, 0.1) is 0 Å². The fraction of sp³-hybridized carbons (Fsp3) is 0.472. The summed E-state index contributed by atoms with van der Waals surface area (Å²) in [6.07, 6.45) is 3.34. The number of para-hydroxylation sites is 1. The van der Waals surface area contributed by atoms with Crippen LogP contribution in [0.25, 0.3) is 0 Å². The SMILES string of the molecule is CCCN1C2=C(C(=O)CC(C)(C)C2)C(c2ccccc2OCC(=O)Nc2cc(C)ccc2C)C2=C1CC(C)(C)CC2=O. The van der Waals surface area contributed by atoms with Crippen LogP contribution in [0.4, 0.5) is 5.69 Å². The fourth-order valence-corrected chi connectivity index (χ4v) is 6.90. The van der Waals surface area contributed by atoms with E-state index in [9.17, 15) is 14.4 Å². The third kappa shape index (κ3) is 5.81. The molecule has 0 saturated carbocycles. The number of benzene rings is 2. The van der Waals surface area contributed by atoms with Crippen LogP contribution in [0.2, 0.25) is 0 Å². The average Bonchev–Trinajstić information content (AvgIpc) is 2.89. The van der Waals surface area contributed by atoms with Gasteiger partial charge in [-0.05, 0) is 67.2 Å². The molecular weight excluding hydrogens is 524 g/mol. The first-order valence-corrected chi connectivity index (χ1v) is 15.2. The average molecular weight is 569 g/mol. The summed E-state index contributed by atoms with van der Waals surface area (Å²) in [7, 11) is 0. The predicted octanol–water partition coefficient (Wildman–Crippen LogP) is 7.42. The Morgan fingerprint density at radius 2 is 1.50 bits per heavy atom. The van der Waals surface area contributed by atoms with Crippen LogP contribution in [0.5, 0.6) is 5.75 Å². The van der Waals surface area contributed by atoms with Gasteiger partial charge in [-0.25, -0.2) is 0 Å². The second-order valence-electron chi connectivity index (χ2n) is 13.9. The van der Waals surface area contributed by atoms with Crippen LogP contribution in [-0.2, 0) is 14.4 Å². The van der Waals surface area contributed by atoms with Crippen molar-refractivity contribution in [3.05, 3.63) is 81.7 Å². The molecule has 0 aromatic heterocycles. The highest BCUT2D eigenvalue weighted by atomic mass is 16.5. The second kappa shape index (κ2) is 11.2. The number of Topliss-reactive ketones (excluding diaryl/α,β-unsaturated/α-hetero) is 2. The van der Waals surface area contributed by atoms with E-state index in [2.05, 4.69) is 44.8 Å². The molecule has 42 heavy (non-hydrogen) atoms. The zero-order chi connectivity index (χ0) is 30.4. The minimum atomic E-state index is -0.506. The number of ether oxygens (including phenoxy) is 1. The summed E-state index contributed by atoms with van der Waals surface area (Å²) >= 11 is 0. The first-order chi connectivity index (χ1) is 19.8. The Morgan fingerprint density at radius 1 is 0.905 bits per heavy atom. The van der Waals surface area contributed by atoms with Crippen LogP contribution in [0, 0.1) is 24.7 Å². The molecule has 1 heterocycles. The number of hydrogen-bond acceptors (Lipinski definition) is 5. The number of nitrogens with one attached hydrogen (secondary N) is 1. The summed E-state index contributed by atoms with van der Waals surface area (Å²) in [5.74, 6) is -0.0508. The lowest BCUT2D eigenvalue weighted by Gasteiger charge is -2.49. The standard InChI is InChI=1S/C36H44N2O4/c1-8-15-38-26-17-35(4,5)19-28(39)33(26)32(34-27(38)18-36(6,7)20-29(34)40)24-11-9-10-12-30(24)42-21-31(41)37-25-16-22(2)13-14-23(25)3/h9-14,16,32H,8,15,17-21H2,1-7H3,(H,37,41). The number of carbonyl (C=O) groups excluding carboxylic acids is 3. The van der Waals surface area contributed by atoms with Crippen LogP contribution in [0.3, 0.4) is 0 Å². The summed E-state index contributed by atoms with van der Waals surface area (Å²) in [4.78, 5) is 43.3. The Kier molecular flexibility index (Phi) is 7.95. The van der Waals surface area contributed by atoms with Crippen molar-refractivity contribution >= 4 is 23.2 Å². The predicted molar refractivity (Wildman–Crippen MR) is 166 cm³/mol. The van der Waals surface area contributed by atoms with Crippen molar-refractivity contribution in [3.8, 4) is 5.75 Å². The van der Waals surface area contributed by atoms with Crippen LogP contribution in [0.15, 0.2) is 65.0 Å². The smallest absolute Gasteiger partial charge is 0.262 e. The molecule has 0 bridgehead atoms. The van der Waals surface area contributed by atoms with Gasteiger partial charge in [-0.3, -0.25) is 14.4 Å². The van der Waals surface area contributed by atoms with Gasteiger partial charge in [0, 0.05) is 59.1 Å². The topological polar surface area (TPSA) is 75.7 Å². The van der Waals surface area contributed by atoms with Crippen LogP contribution >= 0.6 is 0 Å². The molecule has 1 aliphatic heterocycles. The maximum Gasteiger partial charge on any atom is 0.262 e. The molecule has 0 unspecified atom stereocenters. The molecule has 1 amide bonds. The number of amides is 1. The monoisotopic (exact) mass is 568 g/mol. The molecular formula is C36H44N2O4. The lowest BCUT2D eigenvalue weighted by molar-refractivity contribution is -0.120. The highest BCUT2D eigenvalue weighted by molar-refractivity contribution is 6.07. The van der Waals surface area contributed by atoms with Gasteiger partial charge in [-0.1, -0.05) is 65.0 Å². The largest absolute Gasteiger partial charge is 0.483 e. The maximum absolute atomic E-state index is 14.0. The quantitative estimate of drug-likeness (QED) is 0.376. The summed E-state index contributed by atoms with van der Waals surface area (Å²) < 4.78 is 6.19. The summed E-state index contributed by atoms with van der Waals surface area (Å²) in [6.45, 7) is 15.3. The minimum Gasteiger partial charge on any atom is -0.483 e. The molecule has 2 aromatic rings. The number of anilines is 1. The first kappa shape index (κ1) is 29.8. The summed E-state index contributed by atoms with van der Waals surface area (Å²) in [5, 5.41) is 2.97. The Balaban J connectivity index is 1.57. The number of carbonyl (C=O) groups is 3. The number of allylic oxidation sites excluding steroid dienone is 4. The van der Waals surface area contributed by atoms with Gasteiger partial charge in [0.2, 0.25) is 0 Å². The molecule has 3 aliphatic rings. The fourth-order valence-electron chi connectivity index (χ4n) is 6.90. The Labute approximate surface area is 250 Å². The van der Waals surface area contributed by atoms with E-state index in [1.165, 1.54) is 0 Å². The van der Waals surface area contributed by atoms with E-state index in [4.69, 9.17) is 4.74 Å². The van der Waals surface area contributed by atoms with Gasteiger partial charge in [-0.15, -0.1) is 0 Å². The van der Waals surface area contributed by atoms with Crippen LogP contribution < -0.4 is 10.1 Å². The second-order valence-corrected chi connectivity index (χ2v) is 13.9. The van der Waals surface area contributed by atoms with E-state index >= 15 is 0 Å². The van der Waals surface area contributed by atoms with E-state index in [-0.39, 0.29) is 34.9 Å². The van der Waals surface area contributed by atoms with Gasteiger partial charge in [0.1, 0.15) is 5.75 Å². The molecule has 0 radical (unpaired) electrons. The summed E-state index contributed by atoms with van der Waals surface area (Å²) in [6, 6.07) is 13.5. The third-order valence-corrected chi connectivity index (χ3v) is 8.72. The zero-order valence-electron chi connectivity index (χ0n) is 26.1. The Bertz CT molecular complexity index is 1460. The molecule has 0 atom stereocenters. The molecule has 6 heteroatoms. The molecule has 1 N–H and O–H groups in total. The van der Waals surface area contributed by atoms with E-state index in [1.54, 1.807) is 0 Å². The van der Waals surface area contributed by atoms with Gasteiger partial charge >= 0.3 is 0 Å². The number of rotatable bonds is 7. The van der Waals surface area contributed by atoms with Crippen molar-refractivity contribution in [2.24, 2.45) is 10.8 Å². The van der Waals surface area contributed by atoms with Crippen molar-refractivity contribution in [3.63, 3.8) is 0 Å². The van der Waals surface area contributed by atoms with Crippen molar-refractivity contribution < 1.29 is 19.1 Å². The molecule has 5 rings (SSSR count). The minimum absolute atomic E-state index is 0.0963. The van der Waals surface area contributed by atoms with Crippen molar-refractivity contribution in [1.82, 2.24) is 4.90 Å². The van der Waals surface area contributed by atoms with Crippen molar-refractivity contribution in [2.45, 2.75) is 86.5 Å². The van der Waals surface area contributed by atoms with Gasteiger partial charge < -0.3 is 15.0 Å². The molecule has 0 spiro atoms. The van der Waals surface area contributed by atoms with E-state index in [0.717, 1.165) is 70.7 Å². The number of aryl methyl sites for hydroxylation is 2. The molecule has 0 fully saturated rings. The van der Waals surface area contributed by atoms with Gasteiger partial charge in [0.25, 0.3) is 5.91 Å². The van der Waals surface area contributed by atoms with E-state index in [0.29, 0.717) is 18.6 Å². The highest BCUT2D eigenvalue weighted by Crippen LogP contribution is 2.55. The molecule has 0 saturated heterocycles. The molecule has 6 nitrogen and oxygen atoms in total. The van der Waals surface area contributed by atoms with Gasteiger partial charge in [0.15, 0.2) is 18.2 Å².